The summed E-state index contributed by atoms with van der Waals surface area (Å²) in [4.78, 5) is 0. The van der Waals surface area contributed by atoms with Crippen LogP contribution in [0.2, 0.25) is 0 Å². The number of nitrogens with one attached hydrogen (secondary N) is 1. The molecule has 4 heteroatoms. The van der Waals surface area contributed by atoms with E-state index in [0.29, 0.717) is 11.7 Å². The van der Waals surface area contributed by atoms with Gasteiger partial charge >= 0.3 is 0 Å². The van der Waals surface area contributed by atoms with Gasteiger partial charge in [-0.2, -0.15) is 10.4 Å². The minimum atomic E-state index is 0.355. The minimum Gasteiger partial charge on any atom is -0.309 e. The second-order valence-corrected chi connectivity index (χ2v) is 3.34. The van der Waals surface area contributed by atoms with E-state index in [4.69, 9.17) is 5.26 Å². The van der Waals surface area contributed by atoms with Gasteiger partial charge in [0.1, 0.15) is 11.8 Å². The van der Waals surface area contributed by atoms with Gasteiger partial charge in [-0.25, -0.2) is 0 Å². The van der Waals surface area contributed by atoms with Crippen LogP contribution >= 0.6 is 0 Å². The molecule has 1 saturated heterocycles. The fraction of sp³-hybridized carbons (Fsp3) is 0.556. The zero-order chi connectivity index (χ0) is 9.26. The maximum Gasteiger partial charge on any atom is 0.138 e. The van der Waals surface area contributed by atoms with Gasteiger partial charge in [-0.3, -0.25) is 4.68 Å². The van der Waals surface area contributed by atoms with E-state index in [0.717, 1.165) is 18.7 Å². The van der Waals surface area contributed by atoms with Gasteiger partial charge in [-0.1, -0.05) is 0 Å². The molecule has 0 amide bonds. The first-order valence-electron chi connectivity index (χ1n) is 4.48. The topological polar surface area (TPSA) is 53.6 Å². The van der Waals surface area contributed by atoms with Gasteiger partial charge in [0.05, 0.1) is 11.7 Å². The van der Waals surface area contributed by atoms with Gasteiger partial charge in [-0.15, -0.1) is 0 Å². The van der Waals surface area contributed by atoms with Gasteiger partial charge in [0.15, 0.2) is 0 Å². The Morgan fingerprint density at radius 2 is 2.62 bits per heavy atom. The third kappa shape index (κ3) is 1.43. The summed E-state index contributed by atoms with van der Waals surface area (Å²) in [6.07, 6.45) is 2.32. The normalized spacial score (nSPS) is 21.7. The number of rotatable bonds is 1. The van der Waals surface area contributed by atoms with E-state index in [1.165, 1.54) is 6.42 Å². The van der Waals surface area contributed by atoms with Crippen molar-refractivity contribution >= 4 is 0 Å². The predicted octanol–water partition coefficient (Wildman–Crippen LogP) is 0.716. The number of nitrogens with zero attached hydrogens (tertiary/aromatic N) is 3. The van der Waals surface area contributed by atoms with Crippen molar-refractivity contribution < 1.29 is 0 Å². The standard InChI is InChI=1S/C9H12N4/c1-13-7(6-10)5-9(12-13)8-3-2-4-11-8/h5,8,11H,2-4H2,1H3/t8-/m1/s1. The highest BCUT2D eigenvalue weighted by Gasteiger charge is 2.19. The molecule has 0 bridgehead atoms. The van der Waals surface area contributed by atoms with Crippen molar-refractivity contribution in [2.45, 2.75) is 18.9 Å². The van der Waals surface area contributed by atoms with E-state index in [1.54, 1.807) is 11.7 Å². The van der Waals surface area contributed by atoms with E-state index < -0.39 is 0 Å². The quantitative estimate of drug-likeness (QED) is 0.685. The lowest BCUT2D eigenvalue weighted by Gasteiger charge is -2.04. The Kier molecular flexibility index (Phi) is 2.03. The van der Waals surface area contributed by atoms with Crippen molar-refractivity contribution in [3.05, 3.63) is 17.5 Å². The molecule has 2 rings (SSSR count). The summed E-state index contributed by atoms with van der Waals surface area (Å²) in [6.45, 7) is 1.06. The van der Waals surface area contributed by atoms with Crippen LogP contribution in [0.3, 0.4) is 0 Å². The molecule has 2 heterocycles. The van der Waals surface area contributed by atoms with Crippen LogP contribution in [-0.4, -0.2) is 16.3 Å². The summed E-state index contributed by atoms with van der Waals surface area (Å²) < 4.78 is 1.63. The number of aromatic nitrogens is 2. The molecule has 0 spiro atoms. The first kappa shape index (κ1) is 8.27. The van der Waals surface area contributed by atoms with Crippen molar-refractivity contribution in [2.24, 2.45) is 7.05 Å². The molecule has 1 fully saturated rings. The number of nitriles is 1. The third-order valence-electron chi connectivity index (χ3n) is 2.43. The highest BCUT2D eigenvalue weighted by atomic mass is 15.3. The monoisotopic (exact) mass is 176 g/mol. The van der Waals surface area contributed by atoms with Crippen LogP contribution in [0.1, 0.15) is 30.3 Å². The molecule has 1 N–H and O–H groups in total. The van der Waals surface area contributed by atoms with Gasteiger partial charge in [0.2, 0.25) is 0 Å². The molecule has 0 unspecified atom stereocenters. The van der Waals surface area contributed by atoms with Crippen LogP contribution in [0, 0.1) is 11.3 Å². The lowest BCUT2D eigenvalue weighted by molar-refractivity contribution is 0.606. The van der Waals surface area contributed by atoms with Crippen LogP contribution < -0.4 is 5.32 Å². The summed E-state index contributed by atoms with van der Waals surface area (Å²) in [7, 11) is 1.80. The lowest BCUT2D eigenvalue weighted by Crippen LogP contribution is -2.13. The van der Waals surface area contributed by atoms with Gasteiger partial charge in [0, 0.05) is 7.05 Å². The van der Waals surface area contributed by atoms with Gasteiger partial charge in [-0.05, 0) is 25.5 Å². The summed E-state index contributed by atoms with van der Waals surface area (Å²) in [6, 6.07) is 4.33. The fourth-order valence-corrected chi connectivity index (χ4v) is 1.70. The largest absolute Gasteiger partial charge is 0.309 e. The second-order valence-electron chi connectivity index (χ2n) is 3.34. The van der Waals surface area contributed by atoms with Crippen molar-refractivity contribution in [1.82, 2.24) is 15.1 Å². The molecule has 1 atom stereocenters. The lowest BCUT2D eigenvalue weighted by atomic mass is 10.1. The minimum absolute atomic E-state index is 0.355. The van der Waals surface area contributed by atoms with E-state index >= 15 is 0 Å². The smallest absolute Gasteiger partial charge is 0.138 e. The summed E-state index contributed by atoms with van der Waals surface area (Å²) in [5.41, 5.74) is 1.63. The molecular weight excluding hydrogens is 164 g/mol. The maximum absolute atomic E-state index is 8.74. The number of hydrogen-bond donors (Lipinski definition) is 1. The summed E-state index contributed by atoms with van der Waals surface area (Å²) in [5, 5.41) is 16.4. The average Bonchev–Trinajstić information content (AvgIpc) is 2.71. The van der Waals surface area contributed by atoms with E-state index in [1.807, 2.05) is 6.07 Å². The maximum atomic E-state index is 8.74. The summed E-state index contributed by atoms with van der Waals surface area (Å²) >= 11 is 0. The van der Waals surface area contributed by atoms with Crippen LogP contribution in [0.25, 0.3) is 0 Å². The van der Waals surface area contributed by atoms with Gasteiger partial charge in [0.25, 0.3) is 0 Å². The van der Waals surface area contributed by atoms with Crippen molar-refractivity contribution in [2.75, 3.05) is 6.54 Å². The molecule has 1 aromatic heterocycles. The van der Waals surface area contributed by atoms with Crippen LogP contribution in [0.5, 0.6) is 0 Å². The number of aryl methyl sites for hydroxylation is 1. The molecule has 1 aromatic rings. The van der Waals surface area contributed by atoms with Crippen LogP contribution in [0.15, 0.2) is 6.07 Å². The van der Waals surface area contributed by atoms with Gasteiger partial charge < -0.3 is 5.32 Å². The fourth-order valence-electron chi connectivity index (χ4n) is 1.70. The molecule has 13 heavy (non-hydrogen) atoms. The van der Waals surface area contributed by atoms with E-state index in [-0.39, 0.29) is 0 Å². The average molecular weight is 176 g/mol. The molecular formula is C9H12N4. The molecule has 1 aliphatic heterocycles. The number of hydrogen-bond acceptors (Lipinski definition) is 3. The summed E-state index contributed by atoms with van der Waals surface area (Å²) in [5.74, 6) is 0. The Labute approximate surface area is 77.2 Å². The third-order valence-corrected chi connectivity index (χ3v) is 2.43. The Balaban J connectivity index is 2.26. The first-order valence-corrected chi connectivity index (χ1v) is 4.48. The first-order chi connectivity index (χ1) is 6.31. The Morgan fingerprint density at radius 1 is 1.77 bits per heavy atom. The van der Waals surface area contributed by atoms with E-state index in [2.05, 4.69) is 16.5 Å². The Bertz CT molecular complexity index is 341. The molecule has 68 valence electrons. The van der Waals surface area contributed by atoms with Crippen molar-refractivity contribution in [1.29, 1.82) is 5.26 Å². The van der Waals surface area contributed by atoms with Crippen molar-refractivity contribution in [3.8, 4) is 6.07 Å². The zero-order valence-corrected chi connectivity index (χ0v) is 7.62. The Morgan fingerprint density at radius 3 is 3.15 bits per heavy atom. The highest BCUT2D eigenvalue weighted by Crippen LogP contribution is 2.21. The molecule has 1 aliphatic rings. The zero-order valence-electron chi connectivity index (χ0n) is 7.62. The predicted molar refractivity (Wildman–Crippen MR) is 47.9 cm³/mol. The molecule has 4 nitrogen and oxygen atoms in total. The molecule has 0 saturated carbocycles. The second kappa shape index (κ2) is 3.19. The highest BCUT2D eigenvalue weighted by molar-refractivity contribution is 5.25. The van der Waals surface area contributed by atoms with Crippen molar-refractivity contribution in [3.63, 3.8) is 0 Å². The Hall–Kier alpha value is -1.34. The molecule has 0 aromatic carbocycles. The van der Waals surface area contributed by atoms with Crippen LogP contribution in [-0.2, 0) is 7.05 Å². The molecule has 0 aliphatic carbocycles. The van der Waals surface area contributed by atoms with Crippen LogP contribution in [0.4, 0.5) is 0 Å². The SMILES string of the molecule is Cn1nc([C@H]2CCCN2)cc1C#N. The molecule has 0 radical (unpaired) electrons. The van der Waals surface area contributed by atoms with E-state index in [9.17, 15) is 0 Å².